The molecule has 0 radical (unpaired) electrons. The highest BCUT2D eigenvalue weighted by Crippen LogP contribution is 2.32. The van der Waals surface area contributed by atoms with E-state index in [0.29, 0.717) is 12.1 Å². The summed E-state index contributed by atoms with van der Waals surface area (Å²) in [6.45, 7) is 3.77. The Kier molecular flexibility index (Phi) is 4.93. The molecule has 1 aliphatic heterocycles. The summed E-state index contributed by atoms with van der Waals surface area (Å²) >= 11 is 0. The van der Waals surface area contributed by atoms with Crippen molar-refractivity contribution in [2.24, 2.45) is 5.41 Å². The maximum atomic E-state index is 13.7. The van der Waals surface area contributed by atoms with Gasteiger partial charge in [-0.1, -0.05) is 13.0 Å². The van der Waals surface area contributed by atoms with E-state index in [9.17, 15) is 13.6 Å². The Hall–Kier alpha value is -1.49. The molecule has 2 rings (SSSR count). The topological polar surface area (TPSA) is 32.3 Å². The number of carbonyl (C=O) groups excluding carboxylic acids is 1. The van der Waals surface area contributed by atoms with Crippen LogP contribution >= 0.6 is 0 Å². The molecule has 0 aliphatic carbocycles. The molecule has 0 aromatic heterocycles. The molecule has 5 heteroatoms. The van der Waals surface area contributed by atoms with Crippen molar-refractivity contribution in [3.8, 4) is 0 Å². The smallest absolute Gasteiger partial charge is 0.230 e. The summed E-state index contributed by atoms with van der Waals surface area (Å²) in [4.78, 5) is 14.3. The zero-order valence-electron chi connectivity index (χ0n) is 12.6. The number of hydrogen-bond donors (Lipinski definition) is 1. The third kappa shape index (κ3) is 3.40. The van der Waals surface area contributed by atoms with Crippen LogP contribution in [-0.2, 0) is 11.3 Å². The molecule has 3 nitrogen and oxygen atoms in total. The average Bonchev–Trinajstić information content (AvgIpc) is 2.50. The molecule has 1 aliphatic rings. The van der Waals surface area contributed by atoms with Gasteiger partial charge in [-0.05, 0) is 31.9 Å². The predicted molar refractivity (Wildman–Crippen MR) is 77.7 cm³/mol. The van der Waals surface area contributed by atoms with Gasteiger partial charge in [0.05, 0.1) is 5.41 Å². The van der Waals surface area contributed by atoms with Gasteiger partial charge < -0.3 is 10.2 Å². The fraction of sp³-hybridized carbons (Fsp3) is 0.562. The maximum Gasteiger partial charge on any atom is 0.230 e. The Morgan fingerprint density at radius 2 is 2.19 bits per heavy atom. The van der Waals surface area contributed by atoms with E-state index in [1.165, 1.54) is 12.1 Å². The number of benzene rings is 1. The molecule has 1 heterocycles. The summed E-state index contributed by atoms with van der Waals surface area (Å²) in [5.74, 6) is -1.19. The number of piperidine rings is 1. The van der Waals surface area contributed by atoms with Crippen molar-refractivity contribution in [1.82, 2.24) is 10.2 Å². The fourth-order valence-electron chi connectivity index (χ4n) is 2.99. The second-order valence-corrected chi connectivity index (χ2v) is 5.81. The van der Waals surface area contributed by atoms with Crippen LogP contribution in [0.5, 0.6) is 0 Å². The van der Waals surface area contributed by atoms with Crippen LogP contribution in [0, 0.1) is 17.0 Å². The lowest BCUT2D eigenvalue weighted by atomic mass is 9.77. The number of rotatable bonds is 4. The number of amides is 1. The number of nitrogens with one attached hydrogen (secondary N) is 1. The van der Waals surface area contributed by atoms with E-state index in [1.807, 2.05) is 6.92 Å². The monoisotopic (exact) mass is 296 g/mol. The second kappa shape index (κ2) is 6.52. The van der Waals surface area contributed by atoms with Gasteiger partial charge in [-0.3, -0.25) is 4.79 Å². The lowest BCUT2D eigenvalue weighted by Crippen LogP contribution is -2.50. The Labute approximate surface area is 124 Å². The number of carbonyl (C=O) groups is 1. The lowest BCUT2D eigenvalue weighted by molar-refractivity contribution is -0.142. The number of nitrogens with zero attached hydrogens (tertiary/aromatic N) is 1. The Morgan fingerprint density at radius 3 is 2.76 bits per heavy atom. The highest BCUT2D eigenvalue weighted by Gasteiger charge is 2.39. The largest absolute Gasteiger partial charge is 0.341 e. The van der Waals surface area contributed by atoms with Crippen LogP contribution in [0.1, 0.15) is 31.7 Å². The van der Waals surface area contributed by atoms with Gasteiger partial charge >= 0.3 is 0 Å². The van der Waals surface area contributed by atoms with Crippen LogP contribution < -0.4 is 5.32 Å². The van der Waals surface area contributed by atoms with Crippen molar-refractivity contribution >= 4 is 5.91 Å². The van der Waals surface area contributed by atoms with E-state index in [2.05, 4.69) is 5.32 Å². The minimum absolute atomic E-state index is 0.0286. The van der Waals surface area contributed by atoms with E-state index in [0.717, 1.165) is 31.9 Å². The van der Waals surface area contributed by atoms with Crippen molar-refractivity contribution < 1.29 is 13.6 Å². The summed E-state index contributed by atoms with van der Waals surface area (Å²) in [5.41, 5.74) is -0.0639. The quantitative estimate of drug-likeness (QED) is 0.926. The Balaban J connectivity index is 2.11. The SMILES string of the molecule is CCC1(C(=O)N(C)Cc2ccc(F)cc2F)CCCNC1. The third-order valence-electron chi connectivity index (χ3n) is 4.37. The minimum atomic E-state index is -0.609. The van der Waals surface area contributed by atoms with Crippen LogP contribution in [0.4, 0.5) is 8.78 Å². The summed E-state index contributed by atoms with van der Waals surface area (Å²) in [6, 6.07) is 3.46. The van der Waals surface area contributed by atoms with Gasteiger partial charge in [0.15, 0.2) is 0 Å². The standard InChI is InChI=1S/C16H22F2N2O/c1-3-16(7-4-8-19-11-16)15(21)20(2)10-12-5-6-13(17)9-14(12)18/h5-6,9,19H,3-4,7-8,10-11H2,1-2H3. The van der Waals surface area contributed by atoms with E-state index >= 15 is 0 Å². The van der Waals surface area contributed by atoms with Crippen molar-refractivity contribution in [3.05, 3.63) is 35.4 Å². The maximum absolute atomic E-state index is 13.7. The molecule has 116 valence electrons. The molecule has 0 spiro atoms. The molecule has 1 fully saturated rings. The number of halogens is 2. The van der Waals surface area contributed by atoms with Crippen molar-refractivity contribution in [2.75, 3.05) is 20.1 Å². The molecule has 1 amide bonds. The first-order chi connectivity index (χ1) is 9.98. The summed E-state index contributed by atoms with van der Waals surface area (Å²) in [7, 11) is 1.68. The van der Waals surface area contributed by atoms with Gasteiger partial charge in [-0.2, -0.15) is 0 Å². The molecule has 1 unspecified atom stereocenters. The predicted octanol–water partition coefficient (Wildman–Crippen LogP) is 2.70. The Morgan fingerprint density at radius 1 is 1.43 bits per heavy atom. The zero-order chi connectivity index (χ0) is 15.5. The molecular weight excluding hydrogens is 274 g/mol. The molecule has 1 aromatic carbocycles. The second-order valence-electron chi connectivity index (χ2n) is 5.81. The summed E-state index contributed by atoms with van der Waals surface area (Å²) < 4.78 is 26.6. The molecule has 0 bridgehead atoms. The van der Waals surface area contributed by atoms with Gasteiger partial charge in [-0.15, -0.1) is 0 Å². The van der Waals surface area contributed by atoms with Crippen LogP contribution in [-0.4, -0.2) is 30.9 Å². The molecular formula is C16H22F2N2O. The molecule has 1 aromatic rings. The molecule has 1 N–H and O–H groups in total. The van der Waals surface area contributed by atoms with E-state index in [-0.39, 0.29) is 12.5 Å². The van der Waals surface area contributed by atoms with Crippen LogP contribution in [0.3, 0.4) is 0 Å². The normalized spacial score (nSPS) is 22.1. The Bertz CT molecular complexity index is 513. The van der Waals surface area contributed by atoms with Crippen molar-refractivity contribution in [3.63, 3.8) is 0 Å². The zero-order valence-corrected chi connectivity index (χ0v) is 12.6. The van der Waals surface area contributed by atoms with Crippen molar-refractivity contribution in [2.45, 2.75) is 32.7 Å². The molecule has 0 saturated carbocycles. The van der Waals surface area contributed by atoms with Gasteiger partial charge in [0.1, 0.15) is 11.6 Å². The fourth-order valence-corrected chi connectivity index (χ4v) is 2.99. The highest BCUT2D eigenvalue weighted by atomic mass is 19.1. The minimum Gasteiger partial charge on any atom is -0.341 e. The summed E-state index contributed by atoms with van der Waals surface area (Å²) in [5, 5.41) is 3.27. The van der Waals surface area contributed by atoms with E-state index in [4.69, 9.17) is 0 Å². The average molecular weight is 296 g/mol. The summed E-state index contributed by atoms with van der Waals surface area (Å²) in [6.07, 6.45) is 2.58. The van der Waals surface area contributed by atoms with Crippen molar-refractivity contribution in [1.29, 1.82) is 0 Å². The first-order valence-corrected chi connectivity index (χ1v) is 7.39. The van der Waals surface area contributed by atoms with Gasteiger partial charge in [-0.25, -0.2) is 8.78 Å². The van der Waals surface area contributed by atoms with Gasteiger partial charge in [0.25, 0.3) is 0 Å². The molecule has 1 saturated heterocycles. The molecule has 21 heavy (non-hydrogen) atoms. The van der Waals surface area contributed by atoms with E-state index < -0.39 is 17.0 Å². The third-order valence-corrected chi connectivity index (χ3v) is 4.37. The highest BCUT2D eigenvalue weighted by molar-refractivity contribution is 5.83. The van der Waals surface area contributed by atoms with Crippen LogP contribution in [0.15, 0.2) is 18.2 Å². The van der Waals surface area contributed by atoms with Crippen LogP contribution in [0.2, 0.25) is 0 Å². The van der Waals surface area contributed by atoms with E-state index in [1.54, 1.807) is 11.9 Å². The first-order valence-electron chi connectivity index (χ1n) is 7.39. The lowest BCUT2D eigenvalue weighted by Gasteiger charge is -2.38. The first kappa shape index (κ1) is 15.9. The van der Waals surface area contributed by atoms with Gasteiger partial charge in [0.2, 0.25) is 5.91 Å². The molecule has 1 atom stereocenters. The van der Waals surface area contributed by atoms with Crippen LogP contribution in [0.25, 0.3) is 0 Å². The van der Waals surface area contributed by atoms with Gasteiger partial charge in [0, 0.05) is 31.8 Å². The number of hydrogen-bond acceptors (Lipinski definition) is 2.